The minimum Gasteiger partial charge on any atom is -0.481 e. The van der Waals surface area contributed by atoms with E-state index in [1.54, 1.807) is 18.2 Å². The van der Waals surface area contributed by atoms with Gasteiger partial charge >= 0.3 is 11.0 Å². The number of nitro groups is 1. The molecule has 0 aliphatic carbocycles. The number of thiazole rings is 1. The Morgan fingerprint density at radius 2 is 1.67 bits per heavy atom. The number of nitrogens with zero attached hydrogens (tertiary/aromatic N) is 2. The van der Waals surface area contributed by atoms with E-state index in [0.29, 0.717) is 5.69 Å². The maximum atomic E-state index is 12.8. The lowest BCUT2D eigenvalue weighted by atomic mass is 10.1. The largest absolute Gasteiger partial charge is 0.481 e. The number of benzene rings is 1. The standard InChI is InChI=1S/C24H33N5O6S/c1-16-23(29(34)35)36-24(26-16)28-22(33)19-13-12-18(15-20(19)27-17(2)30)25-14-10-8-6-4-3-5-7-9-11-21(31)32/h12-13,15,25H,3-11,14H2,1-2H3,(H,27,30)(H,31,32)(H,26,28,33). The molecule has 11 nitrogen and oxygen atoms in total. The second-order valence-corrected chi connectivity index (χ2v) is 9.44. The first-order chi connectivity index (χ1) is 17.2. The van der Waals surface area contributed by atoms with Crippen molar-refractivity contribution in [3.8, 4) is 0 Å². The molecule has 1 aromatic heterocycles. The number of anilines is 3. The Balaban J connectivity index is 1.83. The summed E-state index contributed by atoms with van der Waals surface area (Å²) >= 11 is 0.775. The third-order valence-corrected chi connectivity index (χ3v) is 6.40. The van der Waals surface area contributed by atoms with Gasteiger partial charge in [0, 0.05) is 25.6 Å². The number of carboxylic acids is 1. The van der Waals surface area contributed by atoms with Gasteiger partial charge in [-0.1, -0.05) is 38.5 Å². The lowest BCUT2D eigenvalue weighted by molar-refractivity contribution is -0.380. The fraction of sp³-hybridized carbons (Fsp3) is 0.500. The van der Waals surface area contributed by atoms with E-state index in [1.165, 1.54) is 13.8 Å². The molecule has 0 saturated carbocycles. The molecular weight excluding hydrogens is 486 g/mol. The van der Waals surface area contributed by atoms with Gasteiger partial charge in [-0.2, -0.15) is 0 Å². The molecule has 1 aromatic carbocycles. The molecule has 0 atom stereocenters. The fourth-order valence-electron chi connectivity index (χ4n) is 3.62. The van der Waals surface area contributed by atoms with Crippen molar-refractivity contribution < 1.29 is 24.4 Å². The average molecular weight is 520 g/mol. The SMILES string of the molecule is CC(=O)Nc1cc(NCCCCCCCCCCC(=O)O)ccc1C(=O)Nc1nc(C)c([N+](=O)[O-])s1. The first kappa shape index (κ1) is 28.7. The minimum absolute atomic E-state index is 0.112. The second-order valence-electron chi connectivity index (χ2n) is 8.46. The molecule has 2 rings (SSSR count). The summed E-state index contributed by atoms with van der Waals surface area (Å²) in [5.41, 5.74) is 1.53. The first-order valence-corrected chi connectivity index (χ1v) is 12.8. The number of amides is 2. The summed E-state index contributed by atoms with van der Waals surface area (Å²) in [6, 6.07) is 5.01. The van der Waals surface area contributed by atoms with Crippen molar-refractivity contribution >= 4 is 50.6 Å². The highest BCUT2D eigenvalue weighted by molar-refractivity contribution is 7.19. The van der Waals surface area contributed by atoms with Crippen LogP contribution < -0.4 is 16.0 Å². The van der Waals surface area contributed by atoms with E-state index >= 15 is 0 Å². The predicted molar refractivity (Wildman–Crippen MR) is 140 cm³/mol. The van der Waals surface area contributed by atoms with E-state index in [1.807, 2.05) is 0 Å². The number of unbranched alkanes of at least 4 members (excludes halogenated alkanes) is 7. The number of carbonyl (C=O) groups excluding carboxylic acids is 2. The lowest BCUT2D eigenvalue weighted by Crippen LogP contribution is -2.17. The summed E-state index contributed by atoms with van der Waals surface area (Å²) in [5.74, 6) is -1.59. The van der Waals surface area contributed by atoms with Crippen LogP contribution in [0.25, 0.3) is 0 Å². The van der Waals surface area contributed by atoms with Gasteiger partial charge in [-0.15, -0.1) is 0 Å². The Kier molecular flexibility index (Phi) is 11.8. The van der Waals surface area contributed by atoms with Gasteiger partial charge in [-0.05, 0) is 49.3 Å². The summed E-state index contributed by atoms with van der Waals surface area (Å²) in [6.07, 6.45) is 8.42. The molecule has 1 heterocycles. The van der Waals surface area contributed by atoms with Crippen molar-refractivity contribution in [2.75, 3.05) is 22.5 Å². The quantitative estimate of drug-likeness (QED) is 0.127. The summed E-state index contributed by atoms with van der Waals surface area (Å²) in [6.45, 7) is 3.59. The van der Waals surface area contributed by atoms with Gasteiger partial charge in [-0.3, -0.25) is 29.8 Å². The molecule has 12 heteroatoms. The van der Waals surface area contributed by atoms with Crippen LogP contribution in [-0.2, 0) is 9.59 Å². The number of carboxylic acid groups (broad SMARTS) is 1. The number of aromatic nitrogens is 1. The van der Waals surface area contributed by atoms with Crippen molar-refractivity contribution in [2.45, 2.75) is 71.6 Å². The molecule has 2 amide bonds. The van der Waals surface area contributed by atoms with E-state index in [9.17, 15) is 24.5 Å². The number of carbonyl (C=O) groups is 3. The van der Waals surface area contributed by atoms with Crippen molar-refractivity contribution in [2.24, 2.45) is 0 Å². The van der Waals surface area contributed by atoms with Gasteiger partial charge in [0.2, 0.25) is 5.91 Å². The smallest absolute Gasteiger partial charge is 0.348 e. The maximum Gasteiger partial charge on any atom is 0.348 e. The summed E-state index contributed by atoms with van der Waals surface area (Å²) < 4.78 is 0. The molecular formula is C24H33N5O6S. The van der Waals surface area contributed by atoms with Crippen LogP contribution in [0, 0.1) is 17.0 Å². The number of nitrogens with one attached hydrogen (secondary N) is 3. The van der Waals surface area contributed by atoms with Gasteiger partial charge in [0.25, 0.3) is 5.91 Å². The monoisotopic (exact) mass is 519 g/mol. The maximum absolute atomic E-state index is 12.8. The predicted octanol–water partition coefficient (Wildman–Crippen LogP) is 5.58. The van der Waals surface area contributed by atoms with Gasteiger partial charge in [-0.25, -0.2) is 4.98 Å². The summed E-state index contributed by atoms with van der Waals surface area (Å²) in [4.78, 5) is 49.4. The number of aryl methyl sites for hydroxylation is 1. The van der Waals surface area contributed by atoms with E-state index in [2.05, 4.69) is 20.9 Å². The van der Waals surface area contributed by atoms with Crippen molar-refractivity contribution in [3.05, 3.63) is 39.6 Å². The number of rotatable bonds is 16. The lowest BCUT2D eigenvalue weighted by Gasteiger charge is -2.13. The number of hydrogen-bond acceptors (Lipinski definition) is 8. The van der Waals surface area contributed by atoms with Crippen LogP contribution in [0.3, 0.4) is 0 Å². The molecule has 0 fully saturated rings. The van der Waals surface area contributed by atoms with Crippen molar-refractivity contribution in [3.63, 3.8) is 0 Å². The Morgan fingerprint density at radius 1 is 1.03 bits per heavy atom. The van der Waals surface area contributed by atoms with Crippen LogP contribution in [0.1, 0.15) is 80.8 Å². The molecule has 0 bridgehead atoms. The zero-order chi connectivity index (χ0) is 26.5. The normalized spacial score (nSPS) is 10.6. The molecule has 0 spiro atoms. The Hall–Kier alpha value is -3.54. The van der Waals surface area contributed by atoms with Crippen LogP contribution in [0.2, 0.25) is 0 Å². The van der Waals surface area contributed by atoms with Crippen LogP contribution in [-0.4, -0.2) is 39.3 Å². The van der Waals surface area contributed by atoms with Crippen molar-refractivity contribution in [1.82, 2.24) is 4.98 Å². The molecule has 36 heavy (non-hydrogen) atoms. The summed E-state index contributed by atoms with van der Waals surface area (Å²) in [5, 5.41) is 28.2. The molecule has 0 aliphatic heterocycles. The third-order valence-electron chi connectivity index (χ3n) is 5.38. The first-order valence-electron chi connectivity index (χ1n) is 12.0. The van der Waals surface area contributed by atoms with Crippen LogP contribution in [0.4, 0.5) is 21.5 Å². The van der Waals surface area contributed by atoms with Crippen molar-refractivity contribution in [1.29, 1.82) is 0 Å². The van der Waals surface area contributed by atoms with E-state index in [-0.39, 0.29) is 33.7 Å². The molecule has 0 aliphatic rings. The topological polar surface area (TPSA) is 164 Å². The van der Waals surface area contributed by atoms with E-state index in [4.69, 9.17) is 5.11 Å². The summed E-state index contributed by atoms with van der Waals surface area (Å²) in [7, 11) is 0. The minimum atomic E-state index is -0.733. The molecule has 196 valence electrons. The van der Waals surface area contributed by atoms with Gasteiger partial charge in [0.1, 0.15) is 5.69 Å². The van der Waals surface area contributed by atoms with Gasteiger partial charge in [0.05, 0.1) is 16.2 Å². The highest BCUT2D eigenvalue weighted by Gasteiger charge is 2.20. The van der Waals surface area contributed by atoms with Crippen LogP contribution in [0.15, 0.2) is 18.2 Å². The number of aliphatic carboxylic acids is 1. The van der Waals surface area contributed by atoms with Gasteiger partial charge < -0.3 is 15.7 Å². The molecule has 4 N–H and O–H groups in total. The number of hydrogen-bond donors (Lipinski definition) is 4. The van der Waals surface area contributed by atoms with Gasteiger partial charge in [0.15, 0.2) is 5.13 Å². The highest BCUT2D eigenvalue weighted by Crippen LogP contribution is 2.30. The Morgan fingerprint density at radius 3 is 2.25 bits per heavy atom. The highest BCUT2D eigenvalue weighted by atomic mass is 32.1. The Bertz CT molecular complexity index is 1070. The fourth-order valence-corrected chi connectivity index (χ4v) is 4.39. The van der Waals surface area contributed by atoms with E-state index in [0.717, 1.165) is 74.9 Å². The molecule has 0 saturated heterocycles. The molecule has 2 aromatic rings. The zero-order valence-corrected chi connectivity index (χ0v) is 21.4. The van der Waals surface area contributed by atoms with Crippen LogP contribution >= 0.6 is 11.3 Å². The molecule has 0 unspecified atom stereocenters. The molecule has 0 radical (unpaired) electrons. The van der Waals surface area contributed by atoms with Crippen LogP contribution in [0.5, 0.6) is 0 Å². The van der Waals surface area contributed by atoms with E-state index < -0.39 is 16.8 Å². The average Bonchev–Trinajstić information content (AvgIpc) is 3.17. The zero-order valence-electron chi connectivity index (χ0n) is 20.6. The second kappa shape index (κ2) is 14.8. The Labute approximate surface area is 213 Å². The third kappa shape index (κ3) is 9.98.